The normalized spacial score (nSPS) is 14.7. The van der Waals surface area contributed by atoms with E-state index in [1.165, 1.54) is 37.7 Å². The number of benzene rings is 2. The first-order valence-electron chi connectivity index (χ1n) is 7.75. The first-order valence-corrected chi connectivity index (χ1v) is 7.75. The third-order valence-electron chi connectivity index (χ3n) is 4.59. The van der Waals surface area contributed by atoms with Gasteiger partial charge in [-0.05, 0) is 41.2 Å². The molecule has 0 bridgehead atoms. The molecule has 0 aromatic heterocycles. The van der Waals surface area contributed by atoms with Crippen LogP contribution in [0.25, 0.3) is 22.9 Å². The number of fused-ring (bicyclic) bond motifs is 3. The predicted molar refractivity (Wildman–Crippen MR) is 89.0 cm³/mol. The third kappa shape index (κ3) is 1.64. The molecule has 0 spiro atoms. The highest BCUT2D eigenvalue weighted by Gasteiger charge is 2.25. The second kappa shape index (κ2) is 4.63. The second-order valence-electron chi connectivity index (χ2n) is 5.59. The molecule has 0 heterocycles. The van der Waals surface area contributed by atoms with E-state index >= 15 is 0 Å². The number of hydrogen-bond donors (Lipinski definition) is 0. The third-order valence-corrected chi connectivity index (χ3v) is 4.59. The van der Waals surface area contributed by atoms with Crippen LogP contribution < -0.4 is 20.9 Å². The molecule has 21 heavy (non-hydrogen) atoms. The molecule has 1 heteroatoms. The van der Waals surface area contributed by atoms with Gasteiger partial charge in [-0.15, -0.1) is 0 Å². The molecule has 2 aliphatic rings. The molecule has 0 saturated heterocycles. The van der Waals surface area contributed by atoms with Crippen LogP contribution in [0.4, 0.5) is 0 Å². The van der Waals surface area contributed by atoms with E-state index in [-0.39, 0.29) is 0 Å². The first kappa shape index (κ1) is 12.5. The average Bonchev–Trinajstić information content (AvgIpc) is 3.05. The Morgan fingerprint density at radius 3 is 2.10 bits per heavy atom. The predicted octanol–water partition coefficient (Wildman–Crippen LogP) is 0.946. The largest absolute Gasteiger partial charge is 0.371 e. The van der Waals surface area contributed by atoms with Gasteiger partial charge in [0.2, 0.25) is 0 Å². The fourth-order valence-electron chi connectivity index (χ4n) is 3.62. The molecule has 0 N–H and O–H groups in total. The van der Waals surface area contributed by atoms with E-state index < -0.39 is 0 Å². The summed E-state index contributed by atoms with van der Waals surface area (Å²) in [6.45, 7) is 6.56. The number of nitrogens with zero attached hydrogens (tertiary/aromatic N) is 1. The van der Waals surface area contributed by atoms with E-state index in [2.05, 4.69) is 73.4 Å². The highest BCUT2D eigenvalue weighted by molar-refractivity contribution is 6.22. The summed E-state index contributed by atoms with van der Waals surface area (Å²) in [5, 5.41) is 5.50. The van der Waals surface area contributed by atoms with Crippen LogP contribution in [0.3, 0.4) is 0 Å². The molecule has 0 saturated carbocycles. The number of hydrogen-bond acceptors (Lipinski definition) is 1. The Labute approximate surface area is 124 Å². The lowest BCUT2D eigenvalue weighted by Gasteiger charge is -2.24. The van der Waals surface area contributed by atoms with Gasteiger partial charge in [0.05, 0.1) is 5.70 Å². The molecule has 2 aromatic carbocycles. The monoisotopic (exact) mass is 273 g/mol. The average molecular weight is 273 g/mol. The van der Waals surface area contributed by atoms with Gasteiger partial charge in [-0.1, -0.05) is 48.5 Å². The zero-order valence-electron chi connectivity index (χ0n) is 12.6. The van der Waals surface area contributed by atoms with Crippen LogP contribution in [0.2, 0.25) is 0 Å². The minimum atomic E-state index is 1.04. The lowest BCUT2D eigenvalue weighted by molar-refractivity contribution is 0.444. The zero-order valence-corrected chi connectivity index (χ0v) is 12.6. The van der Waals surface area contributed by atoms with E-state index in [0.29, 0.717) is 0 Å². The molecule has 0 amide bonds. The Hall–Kier alpha value is -2.28. The van der Waals surface area contributed by atoms with Crippen LogP contribution in [0.15, 0.2) is 48.5 Å². The minimum absolute atomic E-state index is 1.04. The molecule has 0 unspecified atom stereocenters. The van der Waals surface area contributed by atoms with Crippen LogP contribution in [0.5, 0.6) is 0 Å². The Morgan fingerprint density at radius 2 is 1.38 bits per heavy atom. The minimum Gasteiger partial charge on any atom is -0.371 e. The van der Waals surface area contributed by atoms with Crippen molar-refractivity contribution in [2.45, 2.75) is 13.8 Å². The Balaban J connectivity index is 2.20. The molecule has 2 aliphatic carbocycles. The van der Waals surface area contributed by atoms with E-state index in [9.17, 15) is 0 Å². The van der Waals surface area contributed by atoms with Crippen LogP contribution in [0, 0.1) is 0 Å². The van der Waals surface area contributed by atoms with Gasteiger partial charge < -0.3 is 4.90 Å². The van der Waals surface area contributed by atoms with Gasteiger partial charge in [0, 0.05) is 23.9 Å². The van der Waals surface area contributed by atoms with Crippen molar-refractivity contribution in [2.24, 2.45) is 0 Å². The SMILES string of the molecule is CCN(CC)C1=c2ccccc2=C2C=c3ccccc3=C21. The van der Waals surface area contributed by atoms with Crippen molar-refractivity contribution < 1.29 is 0 Å². The van der Waals surface area contributed by atoms with Crippen molar-refractivity contribution in [3.63, 3.8) is 0 Å². The standard InChI is InChI=1S/C20H19N/c1-3-21(4-2)20-17-12-8-7-11-16(17)18-13-14-9-5-6-10-15(14)19(18)20/h5-13H,3-4H2,1-2H3. The van der Waals surface area contributed by atoms with E-state index in [0.717, 1.165) is 13.1 Å². The second-order valence-corrected chi connectivity index (χ2v) is 5.59. The van der Waals surface area contributed by atoms with Crippen molar-refractivity contribution >= 4 is 22.9 Å². The maximum absolute atomic E-state index is 2.48. The molecule has 0 aliphatic heterocycles. The number of rotatable bonds is 3. The maximum atomic E-state index is 2.48. The van der Waals surface area contributed by atoms with Crippen LogP contribution in [0.1, 0.15) is 13.8 Å². The summed E-state index contributed by atoms with van der Waals surface area (Å²) in [5.74, 6) is 0. The van der Waals surface area contributed by atoms with Crippen LogP contribution >= 0.6 is 0 Å². The van der Waals surface area contributed by atoms with Gasteiger partial charge in [0.1, 0.15) is 0 Å². The lowest BCUT2D eigenvalue weighted by atomic mass is 10.1. The summed E-state index contributed by atoms with van der Waals surface area (Å²) in [6.07, 6.45) is 2.35. The molecule has 0 radical (unpaired) electrons. The molecule has 104 valence electrons. The Kier molecular flexibility index (Phi) is 2.75. The molecule has 0 atom stereocenters. The quantitative estimate of drug-likeness (QED) is 0.805. The van der Waals surface area contributed by atoms with E-state index in [1.54, 1.807) is 0 Å². The smallest absolute Gasteiger partial charge is 0.0532 e. The fraction of sp³-hybridized carbons (Fsp3) is 0.200. The summed E-state index contributed by atoms with van der Waals surface area (Å²) in [5.41, 5.74) is 4.23. The molecular weight excluding hydrogens is 254 g/mol. The Morgan fingerprint density at radius 1 is 0.762 bits per heavy atom. The summed E-state index contributed by atoms with van der Waals surface area (Å²) in [7, 11) is 0. The molecule has 2 aromatic rings. The van der Waals surface area contributed by atoms with Crippen molar-refractivity contribution in [1.29, 1.82) is 0 Å². The molecule has 0 fully saturated rings. The van der Waals surface area contributed by atoms with Crippen molar-refractivity contribution in [1.82, 2.24) is 4.90 Å². The summed E-state index contributed by atoms with van der Waals surface area (Å²) >= 11 is 0. The maximum Gasteiger partial charge on any atom is 0.0532 e. The van der Waals surface area contributed by atoms with E-state index in [1.807, 2.05) is 0 Å². The zero-order chi connectivity index (χ0) is 14.4. The van der Waals surface area contributed by atoms with Crippen molar-refractivity contribution in [3.05, 3.63) is 69.4 Å². The van der Waals surface area contributed by atoms with Crippen LogP contribution in [-0.2, 0) is 0 Å². The summed E-state index contributed by atoms with van der Waals surface area (Å²) in [6, 6.07) is 17.6. The fourth-order valence-corrected chi connectivity index (χ4v) is 3.62. The Bertz CT molecular complexity index is 959. The summed E-state index contributed by atoms with van der Waals surface area (Å²) in [4.78, 5) is 2.48. The van der Waals surface area contributed by atoms with Crippen molar-refractivity contribution in [3.8, 4) is 0 Å². The van der Waals surface area contributed by atoms with Gasteiger partial charge in [-0.2, -0.15) is 0 Å². The topological polar surface area (TPSA) is 3.24 Å². The molecule has 4 rings (SSSR count). The molecular formula is C20H19N. The highest BCUT2D eigenvalue weighted by atomic mass is 15.1. The van der Waals surface area contributed by atoms with Gasteiger partial charge >= 0.3 is 0 Å². The van der Waals surface area contributed by atoms with Gasteiger partial charge in [-0.3, -0.25) is 0 Å². The van der Waals surface area contributed by atoms with Crippen LogP contribution in [-0.4, -0.2) is 18.0 Å². The summed E-state index contributed by atoms with van der Waals surface area (Å²) < 4.78 is 0. The first-order chi connectivity index (χ1) is 10.3. The lowest BCUT2D eigenvalue weighted by Crippen LogP contribution is -2.33. The van der Waals surface area contributed by atoms with Gasteiger partial charge in [0.15, 0.2) is 0 Å². The van der Waals surface area contributed by atoms with Gasteiger partial charge in [-0.25, -0.2) is 0 Å². The molecule has 1 nitrogen and oxygen atoms in total. The van der Waals surface area contributed by atoms with E-state index in [4.69, 9.17) is 0 Å². The van der Waals surface area contributed by atoms with Crippen molar-refractivity contribution in [2.75, 3.05) is 13.1 Å². The van der Waals surface area contributed by atoms with Gasteiger partial charge in [0.25, 0.3) is 0 Å². The highest BCUT2D eigenvalue weighted by Crippen LogP contribution is 2.28.